The third-order valence-corrected chi connectivity index (χ3v) is 3.00. The molecule has 6 nitrogen and oxygen atoms in total. The first-order valence-corrected chi connectivity index (χ1v) is 6.15. The van der Waals surface area contributed by atoms with Crippen molar-refractivity contribution in [3.63, 3.8) is 0 Å². The molecule has 2 aromatic rings. The Labute approximate surface area is 114 Å². The first-order valence-electron chi connectivity index (χ1n) is 6.15. The molecule has 3 heterocycles. The Balaban J connectivity index is 2.28. The standard InChI is InChI=1S/C14H13N3O3/c1-14(2)7-10(9-3-5-15-8-11(9)20-14)17-6-4-12(18)16-13(17)19/h3-8H,1-2H3,(H,16,18,19). The zero-order chi connectivity index (χ0) is 14.3. The number of nitrogens with zero attached hydrogens (tertiary/aromatic N) is 2. The Morgan fingerprint density at radius 3 is 2.85 bits per heavy atom. The maximum atomic E-state index is 12.0. The summed E-state index contributed by atoms with van der Waals surface area (Å²) in [6.07, 6.45) is 6.54. The van der Waals surface area contributed by atoms with E-state index in [4.69, 9.17) is 4.74 Å². The number of hydrogen-bond acceptors (Lipinski definition) is 4. The van der Waals surface area contributed by atoms with E-state index < -0.39 is 16.9 Å². The molecular weight excluding hydrogens is 258 g/mol. The van der Waals surface area contributed by atoms with E-state index in [-0.39, 0.29) is 0 Å². The summed E-state index contributed by atoms with van der Waals surface area (Å²) in [4.78, 5) is 29.4. The summed E-state index contributed by atoms with van der Waals surface area (Å²) in [6.45, 7) is 3.78. The highest BCUT2D eigenvalue weighted by molar-refractivity contribution is 5.72. The molecule has 0 unspecified atom stereocenters. The molecule has 0 aliphatic carbocycles. The van der Waals surface area contributed by atoms with Crippen LogP contribution in [0.25, 0.3) is 5.70 Å². The van der Waals surface area contributed by atoms with Gasteiger partial charge in [-0.15, -0.1) is 0 Å². The number of aromatic nitrogens is 3. The fourth-order valence-electron chi connectivity index (χ4n) is 2.20. The summed E-state index contributed by atoms with van der Waals surface area (Å²) in [5.41, 5.74) is -0.0493. The van der Waals surface area contributed by atoms with Gasteiger partial charge in [-0.25, -0.2) is 4.79 Å². The summed E-state index contributed by atoms with van der Waals surface area (Å²) in [6, 6.07) is 3.08. The Hall–Kier alpha value is -2.63. The zero-order valence-corrected chi connectivity index (χ0v) is 11.1. The van der Waals surface area contributed by atoms with Crippen molar-refractivity contribution in [3.05, 3.63) is 63.2 Å². The molecule has 0 saturated heterocycles. The lowest BCUT2D eigenvalue weighted by Crippen LogP contribution is -2.34. The van der Waals surface area contributed by atoms with Crippen molar-refractivity contribution in [1.29, 1.82) is 0 Å². The highest BCUT2D eigenvalue weighted by Crippen LogP contribution is 2.35. The lowest BCUT2D eigenvalue weighted by atomic mass is 10.0. The number of H-pyrrole nitrogens is 1. The van der Waals surface area contributed by atoms with Crippen LogP contribution in [0.3, 0.4) is 0 Å². The highest BCUT2D eigenvalue weighted by Gasteiger charge is 2.27. The molecule has 20 heavy (non-hydrogen) atoms. The molecule has 6 heteroatoms. The van der Waals surface area contributed by atoms with Gasteiger partial charge in [-0.2, -0.15) is 0 Å². The maximum absolute atomic E-state index is 12.0. The molecule has 0 spiro atoms. The SMILES string of the molecule is CC1(C)C=C(n2ccc(=O)[nH]c2=O)c2ccncc2O1. The summed E-state index contributed by atoms with van der Waals surface area (Å²) in [5, 5.41) is 0. The van der Waals surface area contributed by atoms with Gasteiger partial charge in [0.1, 0.15) is 11.4 Å². The van der Waals surface area contributed by atoms with E-state index >= 15 is 0 Å². The van der Waals surface area contributed by atoms with E-state index in [1.165, 1.54) is 16.8 Å². The van der Waals surface area contributed by atoms with Crippen molar-refractivity contribution in [2.24, 2.45) is 0 Å². The summed E-state index contributed by atoms with van der Waals surface area (Å²) in [7, 11) is 0. The molecule has 1 aliphatic rings. The molecule has 0 radical (unpaired) electrons. The van der Waals surface area contributed by atoms with Crippen LogP contribution in [0.5, 0.6) is 5.75 Å². The summed E-state index contributed by atoms with van der Waals surface area (Å²) >= 11 is 0. The third kappa shape index (κ3) is 2.05. The molecule has 0 atom stereocenters. The van der Waals surface area contributed by atoms with Gasteiger partial charge in [-0.05, 0) is 26.0 Å². The average Bonchev–Trinajstić information content (AvgIpc) is 2.37. The Kier molecular flexibility index (Phi) is 2.60. The molecule has 0 fully saturated rings. The first kappa shape index (κ1) is 12.4. The first-order chi connectivity index (χ1) is 9.46. The summed E-state index contributed by atoms with van der Waals surface area (Å²) < 4.78 is 7.20. The quantitative estimate of drug-likeness (QED) is 0.839. The van der Waals surface area contributed by atoms with E-state index in [2.05, 4.69) is 9.97 Å². The number of rotatable bonds is 1. The van der Waals surface area contributed by atoms with Gasteiger partial charge in [-0.1, -0.05) is 0 Å². The lowest BCUT2D eigenvalue weighted by molar-refractivity contribution is 0.156. The van der Waals surface area contributed by atoms with Gasteiger partial charge >= 0.3 is 5.69 Å². The van der Waals surface area contributed by atoms with Crippen LogP contribution < -0.4 is 16.0 Å². The van der Waals surface area contributed by atoms with Crippen molar-refractivity contribution in [1.82, 2.24) is 14.5 Å². The van der Waals surface area contributed by atoms with Gasteiger partial charge in [-0.3, -0.25) is 19.3 Å². The van der Waals surface area contributed by atoms with Crippen LogP contribution in [0.4, 0.5) is 0 Å². The molecule has 0 amide bonds. The number of nitrogens with one attached hydrogen (secondary N) is 1. The number of fused-ring (bicyclic) bond motifs is 1. The molecule has 1 N–H and O–H groups in total. The normalized spacial score (nSPS) is 16.0. The van der Waals surface area contributed by atoms with Gasteiger partial charge in [0.25, 0.3) is 5.56 Å². The number of aromatic amines is 1. The van der Waals surface area contributed by atoms with Gasteiger partial charge < -0.3 is 4.74 Å². The molecule has 102 valence electrons. The van der Waals surface area contributed by atoms with Gasteiger partial charge in [0.15, 0.2) is 0 Å². The predicted molar refractivity (Wildman–Crippen MR) is 73.6 cm³/mol. The summed E-state index contributed by atoms with van der Waals surface area (Å²) in [5.74, 6) is 0.605. The highest BCUT2D eigenvalue weighted by atomic mass is 16.5. The van der Waals surface area contributed by atoms with Crippen molar-refractivity contribution in [3.8, 4) is 5.75 Å². The predicted octanol–water partition coefficient (Wildman–Crippen LogP) is 0.992. The second-order valence-corrected chi connectivity index (χ2v) is 5.09. The van der Waals surface area contributed by atoms with Crippen molar-refractivity contribution in [2.75, 3.05) is 0 Å². The van der Waals surface area contributed by atoms with E-state index in [9.17, 15) is 9.59 Å². The Morgan fingerprint density at radius 2 is 2.10 bits per heavy atom. The van der Waals surface area contributed by atoms with Crippen LogP contribution in [-0.2, 0) is 0 Å². The van der Waals surface area contributed by atoms with E-state index in [0.29, 0.717) is 11.4 Å². The lowest BCUT2D eigenvalue weighted by Gasteiger charge is -2.30. The minimum atomic E-state index is -0.569. The molecule has 1 aliphatic heterocycles. The van der Waals surface area contributed by atoms with Crippen molar-refractivity contribution in [2.45, 2.75) is 19.4 Å². The van der Waals surface area contributed by atoms with E-state index in [0.717, 1.165) is 5.56 Å². The van der Waals surface area contributed by atoms with Crippen LogP contribution in [0.1, 0.15) is 19.4 Å². The number of hydrogen-bond donors (Lipinski definition) is 1. The second-order valence-electron chi connectivity index (χ2n) is 5.09. The van der Waals surface area contributed by atoms with Crippen LogP contribution in [0.15, 0.2) is 46.4 Å². The smallest absolute Gasteiger partial charge is 0.332 e. The van der Waals surface area contributed by atoms with Crippen molar-refractivity contribution >= 4 is 5.70 Å². The van der Waals surface area contributed by atoms with Crippen LogP contribution in [0, 0.1) is 0 Å². The van der Waals surface area contributed by atoms with Crippen LogP contribution >= 0.6 is 0 Å². The van der Waals surface area contributed by atoms with Crippen LogP contribution in [0.2, 0.25) is 0 Å². The number of pyridine rings is 1. The molecule has 0 bridgehead atoms. The monoisotopic (exact) mass is 271 g/mol. The largest absolute Gasteiger partial charge is 0.481 e. The van der Waals surface area contributed by atoms with Gasteiger partial charge in [0, 0.05) is 24.0 Å². The third-order valence-electron chi connectivity index (χ3n) is 3.00. The number of ether oxygens (including phenoxy) is 1. The topological polar surface area (TPSA) is 77.0 Å². The minimum absolute atomic E-state index is 0.423. The molecule has 0 saturated carbocycles. The average molecular weight is 271 g/mol. The van der Waals surface area contributed by atoms with Crippen molar-refractivity contribution < 1.29 is 4.74 Å². The van der Waals surface area contributed by atoms with Gasteiger partial charge in [0.2, 0.25) is 0 Å². The molecule has 2 aromatic heterocycles. The molecule has 3 rings (SSSR count). The van der Waals surface area contributed by atoms with E-state index in [1.807, 2.05) is 19.9 Å². The van der Waals surface area contributed by atoms with E-state index in [1.54, 1.807) is 18.5 Å². The Bertz CT molecular complexity index is 815. The van der Waals surface area contributed by atoms with Crippen LogP contribution in [-0.4, -0.2) is 20.1 Å². The molecule has 0 aromatic carbocycles. The maximum Gasteiger partial charge on any atom is 0.332 e. The molecular formula is C14H13N3O3. The van der Waals surface area contributed by atoms with Gasteiger partial charge in [0.05, 0.1) is 11.9 Å². The second kappa shape index (κ2) is 4.19. The fourth-order valence-corrected chi connectivity index (χ4v) is 2.20. The minimum Gasteiger partial charge on any atom is -0.481 e. The fraction of sp³-hybridized carbons (Fsp3) is 0.214. The zero-order valence-electron chi connectivity index (χ0n) is 11.1. The Morgan fingerprint density at radius 1 is 1.30 bits per heavy atom.